The van der Waals surface area contributed by atoms with Crippen molar-refractivity contribution in [1.82, 2.24) is 15.0 Å². The number of aromatic nitrogens is 3. The lowest BCUT2D eigenvalue weighted by Crippen LogP contribution is -2.54. The predicted octanol–water partition coefficient (Wildman–Crippen LogP) is 0.371. The molecule has 170 valence electrons. The molecule has 0 spiro atoms. The monoisotopic (exact) mass is 428 g/mol. The summed E-state index contributed by atoms with van der Waals surface area (Å²) in [6.45, 7) is 6.61. The third kappa shape index (κ3) is 6.23. The Bertz CT molecular complexity index is 753. The van der Waals surface area contributed by atoms with E-state index >= 15 is 0 Å². The lowest BCUT2D eigenvalue weighted by Gasteiger charge is -2.37. The van der Waals surface area contributed by atoms with Gasteiger partial charge in [-0.2, -0.15) is 15.0 Å². The molecule has 2 aliphatic rings. The Morgan fingerprint density at radius 2 is 1.13 bits per heavy atom. The molecule has 4 atom stereocenters. The molecule has 4 rings (SSSR count). The van der Waals surface area contributed by atoms with E-state index in [4.69, 9.17) is 27.9 Å². The fourth-order valence-electron chi connectivity index (χ4n) is 4.03. The Morgan fingerprint density at radius 3 is 1.55 bits per heavy atom. The Hall–Kier alpha value is -2.53. The second-order valence-electron chi connectivity index (χ2n) is 8.07. The van der Waals surface area contributed by atoms with Gasteiger partial charge in [-0.1, -0.05) is 32.0 Å². The summed E-state index contributed by atoms with van der Waals surface area (Å²) >= 11 is 0. The van der Waals surface area contributed by atoms with E-state index in [2.05, 4.69) is 15.3 Å². The van der Waals surface area contributed by atoms with Crippen molar-refractivity contribution in [1.29, 1.82) is 0 Å². The molecule has 0 bridgehead atoms. The van der Waals surface area contributed by atoms with Crippen molar-refractivity contribution >= 4 is 23.5 Å². The van der Waals surface area contributed by atoms with Gasteiger partial charge in [0.25, 0.3) is 0 Å². The van der Waals surface area contributed by atoms with Crippen molar-refractivity contribution in [3.05, 3.63) is 30.3 Å². The molecule has 2 saturated heterocycles. The largest absolute Gasteiger partial charge is 0.338 e. The van der Waals surface area contributed by atoms with Crippen LogP contribution in [0, 0.1) is 0 Å². The van der Waals surface area contributed by atoms with Gasteiger partial charge < -0.3 is 38.1 Å². The van der Waals surface area contributed by atoms with Gasteiger partial charge in [0, 0.05) is 56.0 Å². The molecule has 3 heterocycles. The average molecular weight is 429 g/mol. The van der Waals surface area contributed by atoms with Gasteiger partial charge in [0.05, 0.1) is 0 Å². The van der Waals surface area contributed by atoms with Gasteiger partial charge in [0.1, 0.15) is 0 Å². The van der Waals surface area contributed by atoms with Crippen LogP contribution in [-0.4, -0.2) is 65.3 Å². The van der Waals surface area contributed by atoms with Gasteiger partial charge in [-0.05, 0) is 25.0 Å². The molecular formula is C21H36N10. The molecule has 0 amide bonds. The molecule has 2 fully saturated rings. The maximum atomic E-state index is 6.18. The predicted molar refractivity (Wildman–Crippen MR) is 126 cm³/mol. The summed E-state index contributed by atoms with van der Waals surface area (Å²) in [6.07, 6.45) is 1.58. The van der Waals surface area contributed by atoms with Crippen molar-refractivity contribution in [3.8, 4) is 0 Å². The number of nitrogens with two attached hydrogens (primary N) is 4. The quantitative estimate of drug-likeness (QED) is 0.460. The van der Waals surface area contributed by atoms with Crippen LogP contribution >= 0.6 is 0 Å². The molecule has 0 aliphatic carbocycles. The van der Waals surface area contributed by atoms with E-state index in [9.17, 15) is 0 Å². The number of piperidine rings is 2. The Labute approximate surface area is 184 Å². The summed E-state index contributed by atoms with van der Waals surface area (Å²) in [5, 5.41) is 3.27. The van der Waals surface area contributed by atoms with Crippen LogP contribution in [0.5, 0.6) is 0 Å². The Kier molecular flexibility index (Phi) is 7.97. The highest BCUT2D eigenvalue weighted by molar-refractivity contribution is 5.56. The fourth-order valence-corrected chi connectivity index (χ4v) is 4.03. The van der Waals surface area contributed by atoms with Gasteiger partial charge in [-0.3, -0.25) is 0 Å². The van der Waals surface area contributed by atoms with Gasteiger partial charge in [0.15, 0.2) is 0 Å². The number of nitrogens with zero attached hydrogens (tertiary/aromatic N) is 5. The van der Waals surface area contributed by atoms with Crippen LogP contribution < -0.4 is 38.1 Å². The summed E-state index contributed by atoms with van der Waals surface area (Å²) in [5.74, 6) is 1.59. The molecule has 10 nitrogen and oxygen atoms in total. The summed E-state index contributed by atoms with van der Waals surface area (Å²) in [4.78, 5) is 18.1. The van der Waals surface area contributed by atoms with Crippen molar-refractivity contribution in [2.75, 3.05) is 41.3 Å². The first-order chi connectivity index (χ1) is 15.0. The number of benzene rings is 1. The number of anilines is 4. The zero-order valence-electron chi connectivity index (χ0n) is 18.5. The number of hydrogen-bond donors (Lipinski definition) is 5. The zero-order chi connectivity index (χ0) is 22.4. The number of para-hydroxylation sites is 1. The number of rotatable bonds is 4. The van der Waals surface area contributed by atoms with Gasteiger partial charge >= 0.3 is 0 Å². The molecule has 1 aromatic heterocycles. The van der Waals surface area contributed by atoms with Crippen molar-refractivity contribution in [3.63, 3.8) is 0 Å². The van der Waals surface area contributed by atoms with Gasteiger partial charge in [-0.15, -0.1) is 0 Å². The molecular weight excluding hydrogens is 392 g/mol. The molecule has 2 aliphatic heterocycles. The normalized spacial score (nSPS) is 26.1. The van der Waals surface area contributed by atoms with Crippen LogP contribution in [0.1, 0.15) is 26.7 Å². The van der Waals surface area contributed by atoms with Crippen LogP contribution in [0.25, 0.3) is 0 Å². The smallest absolute Gasteiger partial charge is 0.233 e. The Morgan fingerprint density at radius 1 is 0.710 bits per heavy atom. The fraction of sp³-hybridized carbons (Fsp3) is 0.571. The second kappa shape index (κ2) is 10.7. The van der Waals surface area contributed by atoms with Crippen molar-refractivity contribution in [2.24, 2.45) is 22.9 Å². The molecule has 0 saturated carbocycles. The van der Waals surface area contributed by atoms with E-state index in [1.54, 1.807) is 0 Å². The molecule has 2 aromatic rings. The SMILES string of the molecule is CC.NC1CC(N)CN(c2nc(Nc3ccccc3)nc(N3CC(N)CC(N)C3)n2)C1. The summed E-state index contributed by atoms with van der Waals surface area (Å²) in [5.41, 5.74) is 25.6. The first-order valence-electron chi connectivity index (χ1n) is 11.1. The second-order valence-corrected chi connectivity index (χ2v) is 8.07. The van der Waals surface area contributed by atoms with Crippen molar-refractivity contribution in [2.45, 2.75) is 50.9 Å². The van der Waals surface area contributed by atoms with Crippen LogP contribution in [0.2, 0.25) is 0 Å². The van der Waals surface area contributed by atoms with E-state index in [-0.39, 0.29) is 24.2 Å². The maximum Gasteiger partial charge on any atom is 0.233 e. The zero-order valence-corrected chi connectivity index (χ0v) is 18.5. The molecule has 4 unspecified atom stereocenters. The summed E-state index contributed by atoms with van der Waals surface area (Å²) in [7, 11) is 0. The van der Waals surface area contributed by atoms with Crippen LogP contribution in [0.4, 0.5) is 23.5 Å². The van der Waals surface area contributed by atoms with E-state index in [1.165, 1.54) is 0 Å². The molecule has 31 heavy (non-hydrogen) atoms. The number of nitrogens with one attached hydrogen (secondary N) is 1. The van der Waals surface area contributed by atoms with Crippen LogP contribution in [0.15, 0.2) is 30.3 Å². The lowest BCUT2D eigenvalue weighted by atomic mass is 10.0. The van der Waals surface area contributed by atoms with E-state index in [0.29, 0.717) is 44.0 Å². The van der Waals surface area contributed by atoms with Gasteiger partial charge in [-0.25, -0.2) is 0 Å². The van der Waals surface area contributed by atoms with Crippen molar-refractivity contribution < 1.29 is 0 Å². The summed E-state index contributed by atoms with van der Waals surface area (Å²) in [6, 6.07) is 9.74. The highest BCUT2D eigenvalue weighted by Crippen LogP contribution is 2.23. The third-order valence-electron chi connectivity index (χ3n) is 5.24. The minimum Gasteiger partial charge on any atom is -0.338 e. The minimum atomic E-state index is -0.0127. The lowest BCUT2D eigenvalue weighted by molar-refractivity contribution is 0.441. The van der Waals surface area contributed by atoms with E-state index < -0.39 is 0 Å². The highest BCUT2D eigenvalue weighted by Gasteiger charge is 2.28. The summed E-state index contributed by atoms with van der Waals surface area (Å²) < 4.78 is 0. The standard InChI is InChI=1S/C19H30N10.C2H6/c20-12-6-13(21)9-28(8-12)18-25-17(24-16-4-2-1-3-5-16)26-19(27-18)29-10-14(22)7-15(23)11-29;1-2/h1-5,12-15H,6-11,20-23H2,(H,24,25,26,27);1-2H3. The molecule has 0 radical (unpaired) electrons. The van der Waals surface area contributed by atoms with E-state index in [0.717, 1.165) is 18.5 Å². The van der Waals surface area contributed by atoms with Crippen LogP contribution in [-0.2, 0) is 0 Å². The first-order valence-corrected chi connectivity index (χ1v) is 11.1. The van der Waals surface area contributed by atoms with Gasteiger partial charge in [0.2, 0.25) is 17.8 Å². The molecule has 10 heteroatoms. The maximum absolute atomic E-state index is 6.18. The average Bonchev–Trinajstić information content (AvgIpc) is 2.74. The van der Waals surface area contributed by atoms with E-state index in [1.807, 2.05) is 54.0 Å². The Balaban J connectivity index is 0.00000132. The molecule has 9 N–H and O–H groups in total. The molecule has 1 aromatic carbocycles. The van der Waals surface area contributed by atoms with Crippen LogP contribution in [0.3, 0.4) is 0 Å². The third-order valence-corrected chi connectivity index (χ3v) is 5.24. The highest BCUT2D eigenvalue weighted by atomic mass is 15.4. The number of hydrogen-bond acceptors (Lipinski definition) is 10. The topological polar surface area (TPSA) is 161 Å². The first kappa shape index (κ1) is 23.1. The minimum absolute atomic E-state index is 0.0127.